The number of rotatable bonds is 4. The molecule has 1 N–H and O–H groups in total. The number of aromatic nitrogens is 2. The fraction of sp³-hybridized carbons (Fsp3) is 0.200. The van der Waals surface area contributed by atoms with Gasteiger partial charge in [0.1, 0.15) is 11.5 Å². The molecule has 0 aliphatic carbocycles. The first kappa shape index (κ1) is 18.6. The number of nitrogens with zero attached hydrogens (tertiary/aromatic N) is 3. The molecule has 0 bridgehead atoms. The van der Waals surface area contributed by atoms with E-state index in [4.69, 9.17) is 14.7 Å². The molecule has 0 fully saturated rings. The molecule has 0 saturated heterocycles. The zero-order valence-electron chi connectivity index (χ0n) is 17.2. The minimum Gasteiger partial charge on any atom is -0.480 e. The van der Waals surface area contributed by atoms with Crippen molar-refractivity contribution in [1.29, 1.82) is 0 Å². The Hall–Kier alpha value is -3.44. The van der Waals surface area contributed by atoms with E-state index in [9.17, 15) is 0 Å². The van der Waals surface area contributed by atoms with Gasteiger partial charge in [0.15, 0.2) is 0 Å². The lowest BCUT2D eigenvalue weighted by Crippen LogP contribution is -2.27. The van der Waals surface area contributed by atoms with Crippen LogP contribution in [0.5, 0.6) is 5.88 Å². The summed E-state index contributed by atoms with van der Waals surface area (Å²) in [6.45, 7) is 1.91. The predicted octanol–water partition coefficient (Wildman–Crippen LogP) is 5.04. The zero-order chi connectivity index (χ0) is 20.5. The minimum absolute atomic E-state index is 0.608. The molecule has 1 aliphatic heterocycles. The Morgan fingerprint density at radius 3 is 2.67 bits per heavy atom. The molecular weight excluding hydrogens is 372 g/mol. The van der Waals surface area contributed by atoms with Gasteiger partial charge < -0.3 is 15.0 Å². The monoisotopic (exact) mass is 396 g/mol. The van der Waals surface area contributed by atoms with Crippen LogP contribution in [0.2, 0.25) is 0 Å². The number of methoxy groups -OCH3 is 1. The summed E-state index contributed by atoms with van der Waals surface area (Å²) < 4.78 is 5.58. The Morgan fingerprint density at radius 2 is 1.83 bits per heavy atom. The summed E-state index contributed by atoms with van der Waals surface area (Å²) in [6, 6.07) is 22.9. The van der Waals surface area contributed by atoms with Gasteiger partial charge in [-0.25, -0.2) is 9.97 Å². The lowest BCUT2D eigenvalue weighted by atomic mass is 10.0. The van der Waals surface area contributed by atoms with Crippen LogP contribution in [0.1, 0.15) is 11.3 Å². The number of hydrogen-bond acceptors (Lipinski definition) is 5. The summed E-state index contributed by atoms with van der Waals surface area (Å²) >= 11 is 0. The molecule has 0 unspecified atom stereocenters. The first-order chi connectivity index (χ1) is 14.7. The van der Waals surface area contributed by atoms with E-state index in [2.05, 4.69) is 71.9 Å². The molecule has 5 nitrogen and oxygen atoms in total. The Kier molecular flexibility index (Phi) is 4.81. The highest BCUT2D eigenvalue weighted by Crippen LogP contribution is 2.32. The van der Waals surface area contributed by atoms with Gasteiger partial charge in [0, 0.05) is 30.5 Å². The Labute approximate surface area is 176 Å². The zero-order valence-corrected chi connectivity index (χ0v) is 17.2. The molecule has 0 atom stereocenters. The lowest BCUT2D eigenvalue weighted by Gasteiger charge is -2.25. The number of para-hydroxylation sites is 1. The van der Waals surface area contributed by atoms with Crippen LogP contribution < -0.4 is 10.1 Å². The molecule has 0 saturated carbocycles. The average molecular weight is 396 g/mol. The van der Waals surface area contributed by atoms with E-state index < -0.39 is 0 Å². The van der Waals surface area contributed by atoms with Crippen LogP contribution >= 0.6 is 0 Å². The third-order valence-corrected chi connectivity index (χ3v) is 5.59. The van der Waals surface area contributed by atoms with E-state index in [0.29, 0.717) is 5.88 Å². The molecular formula is C25H24N4O. The molecule has 30 heavy (non-hydrogen) atoms. The molecule has 2 aromatic heterocycles. The van der Waals surface area contributed by atoms with E-state index in [-0.39, 0.29) is 0 Å². The second kappa shape index (κ2) is 7.76. The van der Waals surface area contributed by atoms with Crippen molar-refractivity contribution in [3.8, 4) is 17.0 Å². The molecule has 4 aromatic rings. The van der Waals surface area contributed by atoms with E-state index >= 15 is 0 Å². The van der Waals surface area contributed by atoms with Gasteiger partial charge in [0.05, 0.1) is 18.3 Å². The molecule has 3 heterocycles. The fourth-order valence-electron chi connectivity index (χ4n) is 4.04. The van der Waals surface area contributed by atoms with Crippen LogP contribution in [0.3, 0.4) is 0 Å². The number of pyridine rings is 2. The Morgan fingerprint density at radius 1 is 0.967 bits per heavy atom. The Bertz CT molecular complexity index is 1210. The summed E-state index contributed by atoms with van der Waals surface area (Å²) in [7, 11) is 3.80. The maximum atomic E-state index is 5.58. The quantitative estimate of drug-likeness (QED) is 0.524. The average Bonchev–Trinajstić information content (AvgIpc) is 2.78. The number of ether oxygens (including phenoxy) is 1. The van der Waals surface area contributed by atoms with Crippen molar-refractivity contribution in [1.82, 2.24) is 14.9 Å². The standard InChI is InChI=1S/C25H24N4O/c1-29-14-13-21-19(16-29)15-22(25(27-21)30-2)26-23-12-11-18-9-6-10-20(24(18)28-23)17-7-4-3-5-8-17/h3-12,15H,13-14,16H2,1-2H3,(H,26,28). The molecule has 2 aromatic carbocycles. The maximum Gasteiger partial charge on any atom is 0.237 e. The SMILES string of the molecule is COc1nc2c(cc1Nc1ccc3cccc(-c4ccccc4)c3n1)CN(C)CC2. The number of fused-ring (bicyclic) bond motifs is 2. The normalized spacial score (nSPS) is 13.8. The lowest BCUT2D eigenvalue weighted by molar-refractivity contribution is 0.307. The molecule has 0 spiro atoms. The van der Waals surface area contributed by atoms with Crippen molar-refractivity contribution in [2.75, 3.05) is 26.0 Å². The van der Waals surface area contributed by atoms with Gasteiger partial charge >= 0.3 is 0 Å². The van der Waals surface area contributed by atoms with Crippen LogP contribution in [0.25, 0.3) is 22.0 Å². The van der Waals surface area contributed by atoms with E-state index in [1.807, 2.05) is 12.1 Å². The third kappa shape index (κ3) is 3.48. The van der Waals surface area contributed by atoms with Crippen LogP contribution in [0, 0.1) is 0 Å². The molecule has 1 aliphatic rings. The first-order valence-corrected chi connectivity index (χ1v) is 10.2. The molecule has 0 radical (unpaired) electrons. The van der Waals surface area contributed by atoms with Gasteiger partial charge in [0.25, 0.3) is 0 Å². The van der Waals surface area contributed by atoms with Crippen LogP contribution in [-0.4, -0.2) is 35.6 Å². The summed E-state index contributed by atoms with van der Waals surface area (Å²) in [5.41, 5.74) is 6.44. The third-order valence-electron chi connectivity index (χ3n) is 5.59. The summed E-state index contributed by atoms with van der Waals surface area (Å²) in [5.74, 6) is 1.38. The molecule has 150 valence electrons. The topological polar surface area (TPSA) is 50.3 Å². The van der Waals surface area contributed by atoms with Crippen LogP contribution in [0.4, 0.5) is 11.5 Å². The van der Waals surface area contributed by atoms with Gasteiger partial charge in [0.2, 0.25) is 5.88 Å². The van der Waals surface area contributed by atoms with Gasteiger partial charge in [-0.2, -0.15) is 0 Å². The first-order valence-electron chi connectivity index (χ1n) is 10.2. The molecule has 5 rings (SSSR count). The number of likely N-dealkylation sites (N-methyl/N-ethyl adjacent to an activating group) is 1. The van der Waals surface area contributed by atoms with Crippen molar-refractivity contribution in [3.05, 3.63) is 78.0 Å². The minimum atomic E-state index is 0.608. The van der Waals surface area contributed by atoms with Crippen molar-refractivity contribution in [3.63, 3.8) is 0 Å². The maximum absolute atomic E-state index is 5.58. The highest BCUT2D eigenvalue weighted by molar-refractivity contribution is 5.94. The number of anilines is 2. The van der Waals surface area contributed by atoms with Crippen molar-refractivity contribution >= 4 is 22.4 Å². The number of benzene rings is 2. The molecule has 0 amide bonds. The van der Waals surface area contributed by atoms with Gasteiger partial charge in [-0.05, 0) is 36.4 Å². The van der Waals surface area contributed by atoms with E-state index in [0.717, 1.165) is 58.7 Å². The van der Waals surface area contributed by atoms with Gasteiger partial charge in [-0.1, -0.05) is 48.5 Å². The summed E-state index contributed by atoms with van der Waals surface area (Å²) in [4.78, 5) is 12.0. The van der Waals surface area contributed by atoms with Crippen molar-refractivity contribution in [2.24, 2.45) is 0 Å². The second-order valence-electron chi connectivity index (χ2n) is 7.70. The van der Waals surface area contributed by atoms with Gasteiger partial charge in [-0.3, -0.25) is 0 Å². The molecule has 5 heteroatoms. The van der Waals surface area contributed by atoms with Crippen LogP contribution in [0.15, 0.2) is 66.7 Å². The smallest absolute Gasteiger partial charge is 0.237 e. The fourth-order valence-corrected chi connectivity index (χ4v) is 4.04. The van der Waals surface area contributed by atoms with E-state index in [1.54, 1.807) is 7.11 Å². The van der Waals surface area contributed by atoms with Gasteiger partial charge in [-0.15, -0.1) is 0 Å². The van der Waals surface area contributed by atoms with Crippen molar-refractivity contribution < 1.29 is 4.74 Å². The van der Waals surface area contributed by atoms with Crippen LogP contribution in [-0.2, 0) is 13.0 Å². The summed E-state index contributed by atoms with van der Waals surface area (Å²) in [6.07, 6.45) is 0.942. The summed E-state index contributed by atoms with van der Waals surface area (Å²) in [5, 5.41) is 4.55. The highest BCUT2D eigenvalue weighted by Gasteiger charge is 2.18. The Balaban J connectivity index is 1.56. The second-order valence-corrected chi connectivity index (χ2v) is 7.70. The van der Waals surface area contributed by atoms with Crippen molar-refractivity contribution in [2.45, 2.75) is 13.0 Å². The predicted molar refractivity (Wildman–Crippen MR) is 121 cm³/mol. The highest BCUT2D eigenvalue weighted by atomic mass is 16.5. The number of hydrogen-bond donors (Lipinski definition) is 1. The number of nitrogens with one attached hydrogen (secondary N) is 1. The van der Waals surface area contributed by atoms with E-state index in [1.165, 1.54) is 5.56 Å². The largest absolute Gasteiger partial charge is 0.480 e.